The molecule has 7 heteroatoms. The molecule has 1 aromatic heterocycles. The average molecular weight is 363 g/mol. The predicted octanol–water partition coefficient (Wildman–Crippen LogP) is 1.50. The van der Waals surface area contributed by atoms with E-state index in [0.29, 0.717) is 37.9 Å². The molecule has 0 bridgehead atoms. The van der Waals surface area contributed by atoms with E-state index in [9.17, 15) is 9.59 Å². The molecule has 2 aliphatic heterocycles. The number of carbonyl (C=O) groups is 2. The maximum Gasteiger partial charge on any atom is 0.287 e. The summed E-state index contributed by atoms with van der Waals surface area (Å²) in [6.45, 7) is 7.58. The van der Waals surface area contributed by atoms with E-state index in [0.717, 1.165) is 26.1 Å². The van der Waals surface area contributed by atoms with Gasteiger partial charge < -0.3 is 19.4 Å². The third-order valence-corrected chi connectivity index (χ3v) is 5.44. The van der Waals surface area contributed by atoms with Gasteiger partial charge in [-0.25, -0.2) is 0 Å². The highest BCUT2D eigenvalue weighted by molar-refractivity contribution is 5.91. The van der Waals surface area contributed by atoms with Crippen molar-refractivity contribution in [2.75, 3.05) is 32.8 Å². The lowest BCUT2D eigenvalue weighted by Gasteiger charge is -2.36. The summed E-state index contributed by atoms with van der Waals surface area (Å²) in [6, 6.07) is 3.45. The maximum absolute atomic E-state index is 13.0. The van der Waals surface area contributed by atoms with E-state index >= 15 is 0 Å². The van der Waals surface area contributed by atoms with Crippen LogP contribution in [-0.4, -0.2) is 72.6 Å². The molecule has 2 fully saturated rings. The number of nitrogens with zero attached hydrogens (tertiary/aromatic N) is 2. The Labute approximate surface area is 154 Å². The lowest BCUT2D eigenvalue weighted by atomic mass is 10.1. The Kier molecular flexibility index (Phi) is 6.32. The standard InChI is InChI=1S/C19H29N3O4/c1-3-21(4-2)19(24)16-12-14(20-18(23)17-6-5-9-26-17)13-22(16)15-7-10-25-11-8-15/h5-6,9,14-16H,3-4,7-8,10-13H2,1-2H3,(H,20,23). The number of amides is 2. The van der Waals surface area contributed by atoms with Crippen LogP contribution >= 0.6 is 0 Å². The molecule has 2 saturated heterocycles. The summed E-state index contributed by atoms with van der Waals surface area (Å²) in [5.74, 6) is 0.250. The molecule has 2 amide bonds. The number of likely N-dealkylation sites (N-methyl/N-ethyl adjacent to an activating group) is 1. The van der Waals surface area contributed by atoms with Gasteiger partial charge in [-0.1, -0.05) is 0 Å². The third kappa shape index (κ3) is 4.10. The number of likely N-dealkylation sites (tertiary alicyclic amines) is 1. The number of rotatable bonds is 6. The van der Waals surface area contributed by atoms with Crippen LogP contribution in [0.25, 0.3) is 0 Å². The van der Waals surface area contributed by atoms with Crippen LogP contribution in [0.15, 0.2) is 22.8 Å². The van der Waals surface area contributed by atoms with Crippen LogP contribution in [0.4, 0.5) is 0 Å². The normalized spacial score (nSPS) is 24.5. The minimum Gasteiger partial charge on any atom is -0.459 e. The Morgan fingerprint density at radius 2 is 2.00 bits per heavy atom. The Hall–Kier alpha value is -1.86. The summed E-state index contributed by atoms with van der Waals surface area (Å²) >= 11 is 0. The van der Waals surface area contributed by atoms with Crippen LogP contribution in [0.1, 0.15) is 43.7 Å². The van der Waals surface area contributed by atoms with Crippen LogP contribution in [0.2, 0.25) is 0 Å². The van der Waals surface area contributed by atoms with Crippen molar-refractivity contribution in [1.29, 1.82) is 0 Å². The first kappa shape index (κ1) is 18.9. The SMILES string of the molecule is CCN(CC)C(=O)C1CC(NC(=O)c2ccco2)CN1C1CCOCC1. The zero-order chi connectivity index (χ0) is 18.5. The topological polar surface area (TPSA) is 75.0 Å². The largest absolute Gasteiger partial charge is 0.459 e. The molecule has 0 aliphatic carbocycles. The first-order valence-electron chi connectivity index (χ1n) is 9.60. The molecule has 1 N–H and O–H groups in total. The summed E-state index contributed by atoms with van der Waals surface area (Å²) in [5.41, 5.74) is 0. The van der Waals surface area contributed by atoms with Crippen molar-refractivity contribution in [3.05, 3.63) is 24.2 Å². The lowest BCUT2D eigenvalue weighted by Crippen LogP contribution is -2.50. The highest BCUT2D eigenvalue weighted by Gasteiger charge is 2.42. The van der Waals surface area contributed by atoms with E-state index < -0.39 is 0 Å². The third-order valence-electron chi connectivity index (χ3n) is 5.44. The molecule has 7 nitrogen and oxygen atoms in total. The highest BCUT2D eigenvalue weighted by atomic mass is 16.5. The van der Waals surface area contributed by atoms with Gasteiger partial charge in [0.15, 0.2) is 5.76 Å². The Morgan fingerprint density at radius 3 is 2.62 bits per heavy atom. The summed E-state index contributed by atoms with van der Waals surface area (Å²) < 4.78 is 10.7. The van der Waals surface area contributed by atoms with Gasteiger partial charge in [-0.05, 0) is 45.2 Å². The minimum absolute atomic E-state index is 0.0556. The lowest BCUT2D eigenvalue weighted by molar-refractivity contribution is -0.137. The van der Waals surface area contributed by atoms with Gasteiger partial charge >= 0.3 is 0 Å². The fraction of sp³-hybridized carbons (Fsp3) is 0.684. The van der Waals surface area contributed by atoms with Gasteiger partial charge in [-0.2, -0.15) is 0 Å². The maximum atomic E-state index is 13.0. The fourth-order valence-corrected chi connectivity index (χ4v) is 4.04. The number of hydrogen-bond acceptors (Lipinski definition) is 5. The highest BCUT2D eigenvalue weighted by Crippen LogP contribution is 2.27. The molecule has 0 spiro atoms. The van der Waals surface area contributed by atoms with Gasteiger partial charge in [0.1, 0.15) is 0 Å². The van der Waals surface area contributed by atoms with Crippen molar-refractivity contribution in [1.82, 2.24) is 15.1 Å². The Balaban J connectivity index is 1.71. The van der Waals surface area contributed by atoms with Gasteiger partial charge in [0.05, 0.1) is 12.3 Å². The van der Waals surface area contributed by atoms with Crippen molar-refractivity contribution < 1.29 is 18.7 Å². The van der Waals surface area contributed by atoms with Crippen molar-refractivity contribution in [2.24, 2.45) is 0 Å². The van der Waals surface area contributed by atoms with Gasteiger partial charge in [0.2, 0.25) is 5.91 Å². The first-order chi connectivity index (χ1) is 12.6. The van der Waals surface area contributed by atoms with E-state index in [-0.39, 0.29) is 23.9 Å². The molecular weight excluding hydrogens is 334 g/mol. The van der Waals surface area contributed by atoms with Crippen LogP contribution < -0.4 is 5.32 Å². The van der Waals surface area contributed by atoms with E-state index in [1.54, 1.807) is 12.1 Å². The summed E-state index contributed by atoms with van der Waals surface area (Å²) in [7, 11) is 0. The molecule has 3 rings (SSSR count). The summed E-state index contributed by atoms with van der Waals surface area (Å²) in [4.78, 5) is 29.5. The molecule has 2 unspecified atom stereocenters. The van der Waals surface area contributed by atoms with Crippen molar-refractivity contribution in [3.63, 3.8) is 0 Å². The van der Waals surface area contributed by atoms with Crippen molar-refractivity contribution in [3.8, 4) is 0 Å². The number of furan rings is 1. The quantitative estimate of drug-likeness (QED) is 0.829. The van der Waals surface area contributed by atoms with Gasteiger partial charge in [0.25, 0.3) is 5.91 Å². The molecule has 144 valence electrons. The monoisotopic (exact) mass is 363 g/mol. The molecule has 0 radical (unpaired) electrons. The van der Waals surface area contributed by atoms with E-state index in [2.05, 4.69) is 10.2 Å². The van der Waals surface area contributed by atoms with E-state index in [1.807, 2.05) is 18.7 Å². The fourth-order valence-electron chi connectivity index (χ4n) is 4.04. The Bertz CT molecular complexity index is 594. The molecular formula is C19H29N3O4. The second-order valence-corrected chi connectivity index (χ2v) is 6.95. The average Bonchev–Trinajstić information content (AvgIpc) is 3.33. The molecule has 0 aromatic carbocycles. The summed E-state index contributed by atoms with van der Waals surface area (Å²) in [6.07, 6.45) is 3.99. The van der Waals surface area contributed by atoms with E-state index in [4.69, 9.17) is 9.15 Å². The summed E-state index contributed by atoms with van der Waals surface area (Å²) in [5, 5.41) is 3.03. The smallest absolute Gasteiger partial charge is 0.287 e. The predicted molar refractivity (Wildman–Crippen MR) is 96.8 cm³/mol. The van der Waals surface area contributed by atoms with E-state index in [1.165, 1.54) is 6.26 Å². The molecule has 2 atom stereocenters. The number of nitrogens with one attached hydrogen (secondary N) is 1. The van der Waals surface area contributed by atoms with Crippen LogP contribution in [-0.2, 0) is 9.53 Å². The zero-order valence-corrected chi connectivity index (χ0v) is 15.6. The van der Waals surface area contributed by atoms with Crippen LogP contribution in [0.3, 0.4) is 0 Å². The first-order valence-corrected chi connectivity index (χ1v) is 9.60. The van der Waals surface area contributed by atoms with Gasteiger partial charge in [-0.3, -0.25) is 14.5 Å². The molecule has 1 aromatic rings. The number of ether oxygens (including phenoxy) is 1. The van der Waals surface area contributed by atoms with Gasteiger partial charge in [0, 0.05) is 44.9 Å². The molecule has 0 saturated carbocycles. The van der Waals surface area contributed by atoms with Crippen molar-refractivity contribution in [2.45, 2.75) is 51.2 Å². The molecule has 26 heavy (non-hydrogen) atoms. The zero-order valence-electron chi connectivity index (χ0n) is 15.6. The molecule has 2 aliphatic rings. The second kappa shape index (κ2) is 8.68. The number of carbonyl (C=O) groups excluding carboxylic acids is 2. The minimum atomic E-state index is -0.220. The molecule has 3 heterocycles. The Morgan fingerprint density at radius 1 is 1.27 bits per heavy atom. The second-order valence-electron chi connectivity index (χ2n) is 6.95. The van der Waals surface area contributed by atoms with Crippen LogP contribution in [0.5, 0.6) is 0 Å². The van der Waals surface area contributed by atoms with Gasteiger partial charge in [-0.15, -0.1) is 0 Å². The number of hydrogen-bond donors (Lipinski definition) is 1. The van der Waals surface area contributed by atoms with Crippen LogP contribution in [0, 0.1) is 0 Å². The van der Waals surface area contributed by atoms with Crippen molar-refractivity contribution >= 4 is 11.8 Å².